The van der Waals surface area contributed by atoms with Crippen molar-refractivity contribution in [1.82, 2.24) is 4.98 Å². The number of hydrogen-bond donors (Lipinski definition) is 1. The highest BCUT2D eigenvalue weighted by molar-refractivity contribution is 5.38. The Balaban J connectivity index is 2.04. The van der Waals surface area contributed by atoms with Gasteiger partial charge in [-0.15, -0.1) is 0 Å². The number of hydrogen-bond acceptors (Lipinski definition) is 4. The van der Waals surface area contributed by atoms with Crippen LogP contribution in [0.25, 0.3) is 0 Å². The molecule has 1 atom stereocenters. The lowest BCUT2D eigenvalue weighted by molar-refractivity contribution is 0.0463. The largest absolute Gasteiger partial charge is 0.373 e. The zero-order valence-electron chi connectivity index (χ0n) is 8.10. The van der Waals surface area contributed by atoms with E-state index in [0.717, 1.165) is 25.5 Å². The van der Waals surface area contributed by atoms with Crippen LogP contribution in [0, 0.1) is 0 Å². The predicted molar refractivity (Wildman–Crippen MR) is 55.2 cm³/mol. The molecule has 1 aromatic rings. The molecule has 76 valence electrons. The lowest BCUT2D eigenvalue weighted by atomic mass is 10.2. The number of morpholine rings is 1. The molecule has 0 amide bonds. The Labute approximate surface area is 83.7 Å². The molecule has 0 bridgehead atoms. The third-order valence-corrected chi connectivity index (χ3v) is 2.37. The van der Waals surface area contributed by atoms with Crippen molar-refractivity contribution in [3.05, 3.63) is 24.4 Å². The SMILES string of the molecule is NC[C@H]1CN(c2ccccn2)CCO1. The standard InChI is InChI=1S/C10H15N3O/c11-7-9-8-13(5-6-14-9)10-3-1-2-4-12-10/h1-4,9H,5-8,11H2/t9-/m0/s1. The molecule has 2 heterocycles. The summed E-state index contributed by atoms with van der Waals surface area (Å²) >= 11 is 0. The minimum absolute atomic E-state index is 0.144. The first-order valence-electron chi connectivity index (χ1n) is 4.88. The van der Waals surface area contributed by atoms with Gasteiger partial charge in [0, 0.05) is 25.8 Å². The Morgan fingerprint density at radius 2 is 2.50 bits per heavy atom. The molecular weight excluding hydrogens is 178 g/mol. The molecule has 2 N–H and O–H groups in total. The van der Waals surface area contributed by atoms with E-state index in [0.29, 0.717) is 6.54 Å². The zero-order valence-corrected chi connectivity index (χ0v) is 8.10. The summed E-state index contributed by atoms with van der Waals surface area (Å²) in [6.45, 7) is 3.04. The van der Waals surface area contributed by atoms with Gasteiger partial charge in [-0.2, -0.15) is 0 Å². The number of rotatable bonds is 2. The van der Waals surface area contributed by atoms with Crippen molar-refractivity contribution in [1.29, 1.82) is 0 Å². The number of anilines is 1. The molecule has 0 radical (unpaired) electrons. The molecule has 1 saturated heterocycles. The van der Waals surface area contributed by atoms with Gasteiger partial charge in [-0.3, -0.25) is 0 Å². The molecule has 14 heavy (non-hydrogen) atoms. The summed E-state index contributed by atoms with van der Waals surface area (Å²) in [4.78, 5) is 6.51. The predicted octanol–water partition coefficient (Wildman–Crippen LogP) is 0.245. The summed E-state index contributed by atoms with van der Waals surface area (Å²) < 4.78 is 5.48. The Morgan fingerprint density at radius 3 is 3.21 bits per heavy atom. The van der Waals surface area contributed by atoms with Crippen molar-refractivity contribution in [3.8, 4) is 0 Å². The first-order chi connectivity index (χ1) is 6.90. The molecule has 0 spiro atoms. The summed E-state index contributed by atoms with van der Waals surface area (Å²) in [5, 5.41) is 0. The zero-order chi connectivity index (χ0) is 9.80. The molecule has 0 aromatic carbocycles. The normalized spacial score (nSPS) is 22.4. The minimum Gasteiger partial charge on any atom is -0.373 e. The van der Waals surface area contributed by atoms with Gasteiger partial charge in [0.15, 0.2) is 0 Å². The van der Waals surface area contributed by atoms with E-state index in [4.69, 9.17) is 10.5 Å². The fraction of sp³-hybridized carbons (Fsp3) is 0.500. The third kappa shape index (κ3) is 2.02. The van der Waals surface area contributed by atoms with E-state index in [1.54, 1.807) is 0 Å². The van der Waals surface area contributed by atoms with Crippen LogP contribution in [-0.2, 0) is 4.74 Å². The van der Waals surface area contributed by atoms with Gasteiger partial charge >= 0.3 is 0 Å². The number of aromatic nitrogens is 1. The lowest BCUT2D eigenvalue weighted by Crippen LogP contribution is -2.45. The summed E-state index contributed by atoms with van der Waals surface area (Å²) in [7, 11) is 0. The molecule has 4 heteroatoms. The van der Waals surface area contributed by atoms with Gasteiger partial charge in [0.25, 0.3) is 0 Å². The molecule has 1 aliphatic rings. The number of nitrogens with two attached hydrogens (primary N) is 1. The summed E-state index contributed by atoms with van der Waals surface area (Å²) in [5.74, 6) is 1.01. The van der Waals surface area contributed by atoms with E-state index >= 15 is 0 Å². The van der Waals surface area contributed by atoms with Gasteiger partial charge in [-0.25, -0.2) is 4.98 Å². The van der Waals surface area contributed by atoms with Crippen molar-refractivity contribution in [2.45, 2.75) is 6.10 Å². The van der Waals surface area contributed by atoms with E-state index in [-0.39, 0.29) is 6.10 Å². The van der Waals surface area contributed by atoms with Crippen LogP contribution in [-0.4, -0.2) is 37.3 Å². The maximum Gasteiger partial charge on any atom is 0.128 e. The van der Waals surface area contributed by atoms with E-state index in [1.165, 1.54) is 0 Å². The van der Waals surface area contributed by atoms with Gasteiger partial charge in [-0.1, -0.05) is 6.07 Å². The van der Waals surface area contributed by atoms with Crippen LogP contribution in [0.2, 0.25) is 0 Å². The Bertz CT molecular complexity index is 278. The smallest absolute Gasteiger partial charge is 0.128 e. The van der Waals surface area contributed by atoms with E-state index in [1.807, 2.05) is 24.4 Å². The van der Waals surface area contributed by atoms with E-state index in [2.05, 4.69) is 9.88 Å². The van der Waals surface area contributed by atoms with Gasteiger partial charge < -0.3 is 15.4 Å². The van der Waals surface area contributed by atoms with Gasteiger partial charge in [-0.05, 0) is 12.1 Å². The van der Waals surface area contributed by atoms with Gasteiger partial charge in [0.05, 0.1) is 12.7 Å². The van der Waals surface area contributed by atoms with E-state index in [9.17, 15) is 0 Å². The topological polar surface area (TPSA) is 51.4 Å². The summed E-state index contributed by atoms with van der Waals surface area (Å²) in [6.07, 6.45) is 1.95. The molecule has 2 rings (SSSR count). The maximum absolute atomic E-state index is 5.57. The van der Waals surface area contributed by atoms with Crippen molar-refractivity contribution in [2.75, 3.05) is 31.1 Å². The summed E-state index contributed by atoms with van der Waals surface area (Å²) in [6, 6.07) is 5.93. The first-order valence-corrected chi connectivity index (χ1v) is 4.88. The molecular formula is C10H15N3O. The molecule has 0 unspecified atom stereocenters. The number of nitrogens with zero attached hydrogens (tertiary/aromatic N) is 2. The van der Waals surface area contributed by atoms with Crippen LogP contribution in [0.1, 0.15) is 0 Å². The average molecular weight is 193 g/mol. The van der Waals surface area contributed by atoms with E-state index < -0.39 is 0 Å². The first kappa shape index (κ1) is 9.43. The second-order valence-electron chi connectivity index (χ2n) is 3.36. The Morgan fingerprint density at radius 1 is 1.57 bits per heavy atom. The summed E-state index contributed by atoms with van der Waals surface area (Å²) in [5.41, 5.74) is 5.57. The highest BCUT2D eigenvalue weighted by Gasteiger charge is 2.19. The molecule has 4 nitrogen and oxygen atoms in total. The molecule has 1 aliphatic heterocycles. The van der Waals surface area contributed by atoms with Gasteiger partial charge in [0.1, 0.15) is 5.82 Å². The molecule has 0 aliphatic carbocycles. The van der Waals surface area contributed by atoms with Gasteiger partial charge in [0.2, 0.25) is 0 Å². The second-order valence-corrected chi connectivity index (χ2v) is 3.36. The fourth-order valence-corrected chi connectivity index (χ4v) is 1.61. The van der Waals surface area contributed by atoms with Crippen LogP contribution >= 0.6 is 0 Å². The Kier molecular flexibility index (Phi) is 2.96. The molecule has 0 saturated carbocycles. The van der Waals surface area contributed by atoms with Crippen LogP contribution in [0.5, 0.6) is 0 Å². The minimum atomic E-state index is 0.144. The lowest BCUT2D eigenvalue weighted by Gasteiger charge is -2.33. The highest BCUT2D eigenvalue weighted by atomic mass is 16.5. The third-order valence-electron chi connectivity index (χ3n) is 2.37. The van der Waals surface area contributed by atoms with Crippen LogP contribution < -0.4 is 10.6 Å². The highest BCUT2D eigenvalue weighted by Crippen LogP contribution is 2.13. The number of pyridine rings is 1. The molecule has 1 aromatic heterocycles. The molecule has 1 fully saturated rings. The van der Waals surface area contributed by atoms with Crippen LogP contribution in [0.3, 0.4) is 0 Å². The van der Waals surface area contributed by atoms with Crippen LogP contribution in [0.15, 0.2) is 24.4 Å². The fourth-order valence-electron chi connectivity index (χ4n) is 1.61. The number of ether oxygens (including phenoxy) is 1. The van der Waals surface area contributed by atoms with Crippen molar-refractivity contribution < 1.29 is 4.74 Å². The Hall–Kier alpha value is -1.13. The monoisotopic (exact) mass is 193 g/mol. The van der Waals surface area contributed by atoms with Crippen molar-refractivity contribution in [2.24, 2.45) is 5.73 Å². The van der Waals surface area contributed by atoms with Crippen molar-refractivity contribution in [3.63, 3.8) is 0 Å². The van der Waals surface area contributed by atoms with Crippen LogP contribution in [0.4, 0.5) is 5.82 Å². The average Bonchev–Trinajstić information content (AvgIpc) is 2.30. The maximum atomic E-state index is 5.57. The second kappa shape index (κ2) is 4.39. The van der Waals surface area contributed by atoms with Crippen molar-refractivity contribution >= 4 is 5.82 Å². The quantitative estimate of drug-likeness (QED) is 0.731.